The molecule has 1 saturated heterocycles. The number of carbonyl (C=O) groups is 2. The number of nitrogens with one attached hydrogen (secondary N) is 1. The van der Waals surface area contributed by atoms with Crippen molar-refractivity contribution in [3.8, 4) is 11.5 Å². The lowest BCUT2D eigenvalue weighted by Crippen LogP contribution is -2.45. The van der Waals surface area contributed by atoms with Gasteiger partial charge < -0.3 is 24.6 Å². The Labute approximate surface area is 207 Å². The molecule has 186 valence electrons. The van der Waals surface area contributed by atoms with Crippen LogP contribution in [-0.4, -0.2) is 63.0 Å². The van der Waals surface area contributed by atoms with Crippen molar-refractivity contribution in [3.05, 3.63) is 64.9 Å². The van der Waals surface area contributed by atoms with Crippen molar-refractivity contribution in [2.75, 3.05) is 45.2 Å². The van der Waals surface area contributed by atoms with E-state index in [1.54, 1.807) is 6.07 Å². The zero-order valence-corrected chi connectivity index (χ0v) is 21.1. The van der Waals surface area contributed by atoms with Gasteiger partial charge in [0.05, 0.1) is 6.61 Å². The van der Waals surface area contributed by atoms with E-state index in [1.165, 1.54) is 0 Å². The molecule has 2 aliphatic rings. The molecule has 2 aliphatic heterocycles. The number of rotatable bonds is 8. The molecule has 0 atom stereocenters. The average Bonchev–Trinajstić information content (AvgIpc) is 3.20. The van der Waals surface area contributed by atoms with Gasteiger partial charge in [0.1, 0.15) is 17.1 Å². The Hall–Kier alpha value is -3.32. The molecule has 7 heteroatoms. The molecular formula is C28H35N3O4. The fourth-order valence-electron chi connectivity index (χ4n) is 4.49. The van der Waals surface area contributed by atoms with Gasteiger partial charge >= 0.3 is 0 Å². The number of hydrogen-bond acceptors (Lipinski definition) is 6. The number of ether oxygens (including phenoxy) is 2. The average molecular weight is 478 g/mol. The molecule has 2 aromatic carbocycles. The largest absolute Gasteiger partial charge is 0.493 e. The monoisotopic (exact) mass is 477 g/mol. The lowest BCUT2D eigenvalue weighted by molar-refractivity contribution is 0.0909. The number of fused-ring (bicyclic) bond motifs is 1. The summed E-state index contributed by atoms with van der Waals surface area (Å²) in [6.07, 6.45) is 2.74. The van der Waals surface area contributed by atoms with Gasteiger partial charge in [0.25, 0.3) is 5.91 Å². The number of allylic oxidation sites excluding steroid dienone is 2. The molecule has 0 unspecified atom stereocenters. The number of Topliss-reactive ketones (excluding diaryl/α,β-unsaturated/α-hetero) is 1. The quantitative estimate of drug-likeness (QED) is 0.452. The summed E-state index contributed by atoms with van der Waals surface area (Å²) in [4.78, 5) is 29.7. The maximum absolute atomic E-state index is 12.7. The number of nitrogens with zero attached hydrogens (tertiary/aromatic N) is 2. The molecule has 0 aliphatic carbocycles. The van der Waals surface area contributed by atoms with Crippen LogP contribution >= 0.6 is 0 Å². The van der Waals surface area contributed by atoms with Crippen LogP contribution in [-0.2, 0) is 0 Å². The van der Waals surface area contributed by atoms with Crippen LogP contribution < -0.4 is 19.7 Å². The van der Waals surface area contributed by atoms with E-state index in [0.717, 1.165) is 50.2 Å². The first-order chi connectivity index (χ1) is 16.8. The summed E-state index contributed by atoms with van der Waals surface area (Å²) < 4.78 is 11.7. The number of anilines is 1. The van der Waals surface area contributed by atoms with Crippen molar-refractivity contribution in [1.82, 2.24) is 10.2 Å². The second-order valence-corrected chi connectivity index (χ2v) is 9.62. The maximum atomic E-state index is 12.7. The molecule has 0 bridgehead atoms. The van der Waals surface area contributed by atoms with Crippen molar-refractivity contribution in [2.45, 2.75) is 39.2 Å². The number of carbonyl (C=O) groups excluding carboxylic acids is 2. The molecule has 2 heterocycles. The van der Waals surface area contributed by atoms with Gasteiger partial charge in [-0.05, 0) is 75.1 Å². The van der Waals surface area contributed by atoms with Gasteiger partial charge in [0.15, 0.2) is 5.76 Å². The summed E-state index contributed by atoms with van der Waals surface area (Å²) in [5.41, 5.74) is 3.16. The molecule has 0 radical (unpaired) electrons. The molecule has 35 heavy (non-hydrogen) atoms. The van der Waals surface area contributed by atoms with Gasteiger partial charge in [0, 0.05) is 51.0 Å². The number of piperidine rings is 1. The van der Waals surface area contributed by atoms with Gasteiger partial charge in [-0.1, -0.05) is 6.07 Å². The lowest BCUT2D eigenvalue weighted by Gasteiger charge is -2.32. The van der Waals surface area contributed by atoms with E-state index >= 15 is 0 Å². The third-order valence-corrected chi connectivity index (χ3v) is 6.53. The zero-order chi connectivity index (χ0) is 24.9. The molecule has 0 saturated carbocycles. The molecule has 7 nitrogen and oxygen atoms in total. The minimum atomic E-state index is -0.103. The smallest absolute Gasteiger partial charge is 0.251 e. The van der Waals surface area contributed by atoms with E-state index in [-0.39, 0.29) is 17.7 Å². The van der Waals surface area contributed by atoms with Crippen LogP contribution in [0.25, 0.3) is 0 Å². The van der Waals surface area contributed by atoms with Crippen molar-refractivity contribution >= 4 is 17.4 Å². The minimum absolute atomic E-state index is 0.00709. The van der Waals surface area contributed by atoms with Gasteiger partial charge in [0.2, 0.25) is 5.78 Å². The topological polar surface area (TPSA) is 71.1 Å². The van der Waals surface area contributed by atoms with Crippen LogP contribution in [0.2, 0.25) is 0 Å². The highest BCUT2D eigenvalue weighted by molar-refractivity contribution is 6.14. The SMILES string of the molecule is CC(C)=C1Oc2cccc(OCCCN3CCC(NC(=O)c4ccc(N(C)C)cc4)CC3)c2C1=O. The normalized spacial score (nSPS) is 16.0. The number of hydrogen-bond donors (Lipinski definition) is 1. The maximum Gasteiger partial charge on any atom is 0.251 e. The van der Waals surface area contributed by atoms with Crippen LogP contribution in [0, 0.1) is 0 Å². The summed E-state index contributed by atoms with van der Waals surface area (Å²) in [6.45, 7) is 7.09. The number of ketones is 1. The van der Waals surface area contributed by atoms with Crippen LogP contribution in [0.3, 0.4) is 0 Å². The predicted molar refractivity (Wildman–Crippen MR) is 138 cm³/mol. The van der Waals surface area contributed by atoms with Crippen LogP contribution in [0.15, 0.2) is 53.8 Å². The number of amides is 1. The second kappa shape index (κ2) is 11.0. The summed E-state index contributed by atoms with van der Waals surface area (Å²) in [7, 11) is 3.97. The Morgan fingerprint density at radius 1 is 1.11 bits per heavy atom. The molecular weight excluding hydrogens is 442 g/mol. The molecule has 1 fully saturated rings. The highest BCUT2D eigenvalue weighted by Gasteiger charge is 2.31. The van der Waals surface area contributed by atoms with Crippen molar-refractivity contribution in [2.24, 2.45) is 0 Å². The number of benzene rings is 2. The fourth-order valence-corrected chi connectivity index (χ4v) is 4.49. The second-order valence-electron chi connectivity index (χ2n) is 9.62. The highest BCUT2D eigenvalue weighted by atomic mass is 16.5. The first-order valence-electron chi connectivity index (χ1n) is 12.3. The van der Waals surface area contributed by atoms with E-state index in [1.807, 2.05) is 69.2 Å². The Kier molecular flexibility index (Phi) is 7.76. The number of likely N-dealkylation sites (tertiary alicyclic amines) is 1. The van der Waals surface area contributed by atoms with E-state index in [2.05, 4.69) is 10.2 Å². The first kappa shape index (κ1) is 24.8. The van der Waals surface area contributed by atoms with Crippen LogP contribution in [0.5, 0.6) is 11.5 Å². The Bertz CT molecular complexity index is 1100. The molecule has 1 N–H and O–H groups in total. The van der Waals surface area contributed by atoms with Crippen LogP contribution in [0.4, 0.5) is 5.69 Å². The molecule has 2 aromatic rings. The fraction of sp³-hybridized carbons (Fsp3) is 0.429. The van der Waals surface area contributed by atoms with Crippen molar-refractivity contribution in [1.29, 1.82) is 0 Å². The van der Waals surface area contributed by atoms with Crippen molar-refractivity contribution in [3.63, 3.8) is 0 Å². The lowest BCUT2D eigenvalue weighted by atomic mass is 10.0. The standard InChI is InChI=1S/C28H35N3O4/c1-19(2)27-26(32)25-23(7-5-8-24(25)35-27)34-18-6-15-31-16-13-21(14-17-31)29-28(33)20-9-11-22(12-10-20)30(3)4/h5,7-12,21H,6,13-18H2,1-4H3,(H,29,33). The predicted octanol–water partition coefficient (Wildman–Crippen LogP) is 4.28. The van der Waals surface area contributed by atoms with Gasteiger partial charge in [-0.2, -0.15) is 0 Å². The third kappa shape index (κ3) is 5.85. The zero-order valence-electron chi connectivity index (χ0n) is 21.1. The van der Waals surface area contributed by atoms with E-state index in [9.17, 15) is 9.59 Å². The van der Waals surface area contributed by atoms with Gasteiger partial charge in [-0.25, -0.2) is 0 Å². The van der Waals surface area contributed by atoms with E-state index in [4.69, 9.17) is 9.47 Å². The Morgan fingerprint density at radius 2 is 1.83 bits per heavy atom. The summed E-state index contributed by atoms with van der Waals surface area (Å²) in [6, 6.07) is 13.4. The summed E-state index contributed by atoms with van der Waals surface area (Å²) in [5.74, 6) is 1.45. The van der Waals surface area contributed by atoms with Gasteiger partial charge in [-0.15, -0.1) is 0 Å². The third-order valence-electron chi connectivity index (χ3n) is 6.53. The molecule has 0 aromatic heterocycles. The first-order valence-corrected chi connectivity index (χ1v) is 12.3. The van der Waals surface area contributed by atoms with Gasteiger partial charge in [-0.3, -0.25) is 9.59 Å². The van der Waals surface area contributed by atoms with Crippen LogP contribution in [0.1, 0.15) is 53.8 Å². The summed E-state index contributed by atoms with van der Waals surface area (Å²) in [5, 5.41) is 3.18. The highest BCUT2D eigenvalue weighted by Crippen LogP contribution is 2.38. The Morgan fingerprint density at radius 3 is 2.49 bits per heavy atom. The van der Waals surface area contributed by atoms with Crippen molar-refractivity contribution < 1.29 is 19.1 Å². The minimum Gasteiger partial charge on any atom is -0.493 e. The molecule has 1 amide bonds. The summed E-state index contributed by atoms with van der Waals surface area (Å²) >= 11 is 0. The Balaban J connectivity index is 1.19. The van der Waals surface area contributed by atoms with E-state index in [0.29, 0.717) is 35.0 Å². The van der Waals surface area contributed by atoms with E-state index < -0.39 is 0 Å². The molecule has 0 spiro atoms. The molecule has 4 rings (SSSR count).